The van der Waals surface area contributed by atoms with Crippen molar-refractivity contribution in [1.82, 2.24) is 9.78 Å². The smallest absolute Gasteiger partial charge is 0.266 e. The third-order valence-corrected chi connectivity index (χ3v) is 2.98. The first-order chi connectivity index (χ1) is 8.75. The number of hydrogen-bond donors (Lipinski definition) is 1. The van der Waals surface area contributed by atoms with Crippen LogP contribution in [0.1, 0.15) is 17.7 Å². The van der Waals surface area contributed by atoms with E-state index in [9.17, 15) is 5.21 Å². The molecule has 0 saturated carbocycles. The molecule has 2 aromatic rings. The highest BCUT2D eigenvalue weighted by Gasteiger charge is 2.18. The van der Waals surface area contributed by atoms with Crippen molar-refractivity contribution in [2.75, 3.05) is 0 Å². The third-order valence-electron chi connectivity index (χ3n) is 2.98. The second-order valence-corrected chi connectivity index (χ2v) is 4.28. The molecule has 1 aromatic heterocycles. The second kappa shape index (κ2) is 4.14. The van der Waals surface area contributed by atoms with Gasteiger partial charge in [0.1, 0.15) is 0 Å². The van der Waals surface area contributed by atoms with Gasteiger partial charge in [-0.15, -0.1) is 0 Å². The molecule has 0 unspecified atom stereocenters. The van der Waals surface area contributed by atoms with Crippen LogP contribution in [0.25, 0.3) is 11.8 Å². The van der Waals surface area contributed by atoms with Crippen LogP contribution in [0.5, 0.6) is 0 Å². The van der Waals surface area contributed by atoms with Crippen LogP contribution >= 0.6 is 0 Å². The predicted octanol–water partition coefficient (Wildman–Crippen LogP) is 2.70. The van der Waals surface area contributed by atoms with Crippen LogP contribution in [0.3, 0.4) is 0 Å². The monoisotopic (exact) mass is 240 g/mol. The maximum absolute atomic E-state index is 9.93. The summed E-state index contributed by atoms with van der Waals surface area (Å²) in [5.74, 6) is 0. The number of rotatable bonds is 1. The Morgan fingerprint density at radius 3 is 3.00 bits per heavy atom. The molecule has 0 saturated heterocycles. The minimum Gasteiger partial charge on any atom is -0.285 e. The topological polar surface area (TPSA) is 41.1 Å². The van der Waals surface area contributed by atoms with E-state index in [0.717, 1.165) is 22.6 Å². The van der Waals surface area contributed by atoms with E-state index in [0.29, 0.717) is 6.42 Å². The fourth-order valence-electron chi connectivity index (χ4n) is 2.11. The summed E-state index contributed by atoms with van der Waals surface area (Å²) < 4.78 is 3.01. The summed E-state index contributed by atoms with van der Waals surface area (Å²) in [6.07, 6.45) is 8.42. The lowest BCUT2D eigenvalue weighted by Crippen LogP contribution is -2.04. The summed E-state index contributed by atoms with van der Waals surface area (Å²) in [4.78, 5) is 0. The van der Waals surface area contributed by atoms with Crippen LogP contribution in [0, 0.1) is 6.92 Å². The van der Waals surface area contributed by atoms with Gasteiger partial charge in [-0.1, -0.05) is 12.1 Å². The summed E-state index contributed by atoms with van der Waals surface area (Å²) in [5, 5.41) is 14.3. The quantitative estimate of drug-likeness (QED) is 0.615. The maximum atomic E-state index is 9.93. The Morgan fingerprint density at radius 1 is 1.33 bits per heavy atom. The summed E-state index contributed by atoms with van der Waals surface area (Å²) in [6, 6.07) is 7.76. The van der Waals surface area contributed by atoms with Crippen molar-refractivity contribution in [3.63, 3.8) is 0 Å². The van der Waals surface area contributed by atoms with Gasteiger partial charge in [0.15, 0.2) is 0 Å². The van der Waals surface area contributed by atoms with Gasteiger partial charge in [-0.25, -0.2) is 4.68 Å². The molecular formula is C14H14N3O+. The molecule has 0 amide bonds. The van der Waals surface area contributed by atoms with E-state index in [1.165, 1.54) is 4.74 Å². The summed E-state index contributed by atoms with van der Waals surface area (Å²) in [5.41, 5.74) is 3.68. The van der Waals surface area contributed by atoms with Gasteiger partial charge in [-0.3, -0.25) is 5.21 Å². The van der Waals surface area contributed by atoms with Crippen molar-refractivity contribution < 1.29 is 9.95 Å². The van der Waals surface area contributed by atoms with Crippen molar-refractivity contribution in [3.05, 3.63) is 47.8 Å². The van der Waals surface area contributed by atoms with Gasteiger partial charge in [0.05, 0.1) is 16.9 Å². The number of fused-ring (bicyclic) bond motifs is 1. The number of allylic oxidation sites excluding steroid dienone is 1. The van der Waals surface area contributed by atoms with E-state index in [1.54, 1.807) is 6.21 Å². The van der Waals surface area contributed by atoms with Gasteiger partial charge in [-0.2, -0.15) is 5.10 Å². The average molecular weight is 240 g/mol. The van der Waals surface area contributed by atoms with Gasteiger partial charge >= 0.3 is 0 Å². The molecule has 1 aromatic carbocycles. The molecule has 0 atom stereocenters. The van der Waals surface area contributed by atoms with Crippen LogP contribution in [0.4, 0.5) is 5.69 Å². The predicted molar refractivity (Wildman–Crippen MR) is 69.7 cm³/mol. The van der Waals surface area contributed by atoms with E-state index in [-0.39, 0.29) is 0 Å². The van der Waals surface area contributed by atoms with Crippen molar-refractivity contribution in [2.24, 2.45) is 0 Å². The van der Waals surface area contributed by atoms with Crippen LogP contribution < -0.4 is 0 Å². The highest BCUT2D eigenvalue weighted by Crippen LogP contribution is 2.27. The Kier molecular flexibility index (Phi) is 2.48. The molecule has 1 aliphatic rings. The molecule has 0 fully saturated rings. The lowest BCUT2D eigenvalue weighted by atomic mass is 10.1. The normalized spacial score (nSPS) is 13.9. The first-order valence-electron chi connectivity index (χ1n) is 5.89. The Bertz CT molecular complexity index is 653. The van der Waals surface area contributed by atoms with Crippen LogP contribution in [0.2, 0.25) is 0 Å². The molecule has 3 rings (SSSR count). The molecule has 90 valence electrons. The van der Waals surface area contributed by atoms with E-state index in [1.807, 2.05) is 54.2 Å². The minimum absolute atomic E-state index is 0.711. The summed E-state index contributed by atoms with van der Waals surface area (Å²) in [7, 11) is 0. The molecule has 0 aliphatic carbocycles. The number of nitrogens with zero attached hydrogens (tertiary/aromatic N) is 3. The highest BCUT2D eigenvalue weighted by molar-refractivity contribution is 5.74. The largest absolute Gasteiger partial charge is 0.285 e. The Balaban J connectivity index is 2.24. The van der Waals surface area contributed by atoms with Gasteiger partial charge in [-0.05, 0) is 25.1 Å². The first-order valence-corrected chi connectivity index (χ1v) is 5.89. The Labute approximate surface area is 105 Å². The van der Waals surface area contributed by atoms with E-state index >= 15 is 0 Å². The fourth-order valence-corrected chi connectivity index (χ4v) is 2.11. The molecule has 4 heteroatoms. The third kappa shape index (κ3) is 1.72. The minimum atomic E-state index is 0.711. The zero-order chi connectivity index (χ0) is 12.5. The molecule has 0 spiro atoms. The summed E-state index contributed by atoms with van der Waals surface area (Å²) >= 11 is 0. The number of hydrogen-bond acceptors (Lipinski definition) is 2. The second-order valence-electron chi connectivity index (χ2n) is 4.28. The lowest BCUT2D eigenvalue weighted by Gasteiger charge is -2.06. The molecule has 18 heavy (non-hydrogen) atoms. The van der Waals surface area contributed by atoms with Gasteiger partial charge < -0.3 is 0 Å². The Hall–Kier alpha value is -2.36. The molecule has 0 bridgehead atoms. The van der Waals surface area contributed by atoms with Crippen molar-refractivity contribution in [2.45, 2.75) is 13.3 Å². The summed E-state index contributed by atoms with van der Waals surface area (Å²) in [6.45, 7) is 1.96. The van der Waals surface area contributed by atoms with Crippen molar-refractivity contribution in [1.29, 1.82) is 0 Å². The lowest BCUT2D eigenvalue weighted by molar-refractivity contribution is -0.710. The van der Waals surface area contributed by atoms with Crippen molar-refractivity contribution >= 4 is 18.0 Å². The first kappa shape index (κ1) is 10.8. The zero-order valence-electron chi connectivity index (χ0n) is 10.1. The zero-order valence-corrected chi connectivity index (χ0v) is 10.1. The standard InChI is InChI=1S/C14H14N3O/c1-11-8-10-16(15-11)13-6-4-7-14-12(13)5-2-3-9-17(14)18/h2,4-10,18H,3H2,1H3/q+1. The molecular weight excluding hydrogens is 226 g/mol. The van der Waals surface area contributed by atoms with E-state index in [4.69, 9.17) is 0 Å². The molecule has 4 nitrogen and oxygen atoms in total. The SMILES string of the molecule is Cc1ccn(-c2cccc3c2C=CCC=[N+]3O)n1. The molecule has 1 aliphatic heterocycles. The number of aromatic nitrogens is 2. The maximum Gasteiger partial charge on any atom is 0.266 e. The van der Waals surface area contributed by atoms with Crippen molar-refractivity contribution in [3.8, 4) is 5.69 Å². The van der Waals surface area contributed by atoms with Crippen LogP contribution in [-0.4, -0.2) is 25.9 Å². The van der Waals surface area contributed by atoms with Gasteiger partial charge in [0, 0.05) is 23.4 Å². The van der Waals surface area contributed by atoms with E-state index in [2.05, 4.69) is 5.10 Å². The molecule has 1 N–H and O–H groups in total. The fraction of sp³-hybridized carbons (Fsp3) is 0.143. The van der Waals surface area contributed by atoms with Crippen LogP contribution in [0.15, 0.2) is 36.5 Å². The van der Waals surface area contributed by atoms with Gasteiger partial charge in [0.25, 0.3) is 5.69 Å². The Morgan fingerprint density at radius 2 is 2.22 bits per heavy atom. The number of benzene rings is 1. The molecule has 0 radical (unpaired) electrons. The van der Waals surface area contributed by atoms with Gasteiger partial charge in [0.2, 0.25) is 6.21 Å². The van der Waals surface area contributed by atoms with Crippen LogP contribution in [-0.2, 0) is 0 Å². The highest BCUT2D eigenvalue weighted by atomic mass is 16.5. The van der Waals surface area contributed by atoms with E-state index < -0.39 is 0 Å². The number of aryl methyl sites for hydroxylation is 1. The average Bonchev–Trinajstić information content (AvgIpc) is 2.71. The molecule has 2 heterocycles.